The van der Waals surface area contributed by atoms with Gasteiger partial charge in [-0.15, -0.1) is 0 Å². The third kappa shape index (κ3) is 2.63. The zero-order chi connectivity index (χ0) is 15.1. The summed E-state index contributed by atoms with van der Waals surface area (Å²) < 4.78 is 51.0. The number of benzene rings is 1. The molecule has 0 radical (unpaired) electrons. The number of alkyl halides is 3. The molecule has 2 rings (SSSR count). The molecular formula is C12H8F4N2O2. The topological polar surface area (TPSA) is 66.0 Å². The first-order valence-corrected chi connectivity index (χ1v) is 5.36. The van der Waals surface area contributed by atoms with Crippen molar-refractivity contribution in [1.82, 2.24) is 9.97 Å². The van der Waals surface area contributed by atoms with Crippen molar-refractivity contribution in [2.24, 2.45) is 0 Å². The van der Waals surface area contributed by atoms with Crippen molar-refractivity contribution >= 4 is 0 Å². The van der Waals surface area contributed by atoms with Gasteiger partial charge in [0.25, 0.3) is 5.56 Å². The van der Waals surface area contributed by atoms with Crippen molar-refractivity contribution in [3.05, 3.63) is 45.5 Å². The molecule has 0 atom stereocenters. The Bertz CT molecular complexity index is 722. The first-order chi connectivity index (χ1) is 9.18. The van der Waals surface area contributed by atoms with Crippen molar-refractivity contribution in [3.63, 3.8) is 0 Å². The van der Waals surface area contributed by atoms with Gasteiger partial charge in [0.15, 0.2) is 0 Å². The van der Waals surface area contributed by atoms with Crippen LogP contribution < -0.4 is 5.56 Å². The summed E-state index contributed by atoms with van der Waals surface area (Å²) in [6.45, 7) is 1.29. The highest BCUT2D eigenvalue weighted by Crippen LogP contribution is 2.32. The molecule has 0 amide bonds. The SMILES string of the molecule is Cc1c(O)nc(-c2cc(F)cc(C(F)(F)F)c2)[nH]c1=O. The lowest BCUT2D eigenvalue weighted by Crippen LogP contribution is -2.13. The largest absolute Gasteiger partial charge is 0.493 e. The van der Waals surface area contributed by atoms with Crippen molar-refractivity contribution in [2.45, 2.75) is 13.1 Å². The molecule has 0 saturated carbocycles. The molecule has 0 saturated heterocycles. The number of nitrogens with one attached hydrogen (secondary N) is 1. The van der Waals surface area contributed by atoms with E-state index in [1.165, 1.54) is 6.92 Å². The van der Waals surface area contributed by atoms with Crippen LogP contribution in [0.5, 0.6) is 5.88 Å². The molecule has 0 unspecified atom stereocenters. The fourth-order valence-electron chi connectivity index (χ4n) is 1.55. The number of aromatic amines is 1. The van der Waals surface area contributed by atoms with Crippen molar-refractivity contribution in [2.75, 3.05) is 0 Å². The molecule has 0 aliphatic carbocycles. The normalized spacial score (nSPS) is 11.7. The van der Waals surface area contributed by atoms with Crippen LogP contribution in [-0.2, 0) is 6.18 Å². The number of hydrogen-bond acceptors (Lipinski definition) is 3. The summed E-state index contributed by atoms with van der Waals surface area (Å²) in [6.07, 6.45) is -4.73. The van der Waals surface area contributed by atoms with E-state index in [4.69, 9.17) is 0 Å². The number of rotatable bonds is 1. The minimum Gasteiger partial charge on any atom is -0.493 e. The van der Waals surface area contributed by atoms with Gasteiger partial charge in [-0.3, -0.25) is 4.79 Å². The summed E-state index contributed by atoms with van der Waals surface area (Å²) in [4.78, 5) is 17.1. The van der Waals surface area contributed by atoms with Crippen LogP contribution in [0.4, 0.5) is 17.6 Å². The fourth-order valence-corrected chi connectivity index (χ4v) is 1.55. The Balaban J connectivity index is 2.65. The second-order valence-electron chi connectivity index (χ2n) is 4.09. The molecule has 0 fully saturated rings. The highest BCUT2D eigenvalue weighted by atomic mass is 19.4. The second kappa shape index (κ2) is 4.62. The van der Waals surface area contributed by atoms with E-state index in [9.17, 15) is 27.5 Å². The maximum Gasteiger partial charge on any atom is 0.416 e. The maximum absolute atomic E-state index is 13.2. The number of hydrogen-bond donors (Lipinski definition) is 2. The molecule has 20 heavy (non-hydrogen) atoms. The molecule has 106 valence electrons. The Hall–Kier alpha value is -2.38. The molecule has 1 aromatic heterocycles. The monoisotopic (exact) mass is 288 g/mol. The number of aromatic nitrogens is 2. The molecule has 1 aromatic carbocycles. The first kappa shape index (κ1) is 14.0. The molecule has 0 aliphatic heterocycles. The fraction of sp³-hybridized carbons (Fsp3) is 0.167. The lowest BCUT2D eigenvalue weighted by atomic mass is 10.1. The molecule has 1 heterocycles. The van der Waals surface area contributed by atoms with Gasteiger partial charge in [0.1, 0.15) is 11.6 Å². The zero-order valence-corrected chi connectivity index (χ0v) is 10.0. The summed E-state index contributed by atoms with van der Waals surface area (Å²) in [7, 11) is 0. The van der Waals surface area contributed by atoms with Gasteiger partial charge >= 0.3 is 6.18 Å². The van der Waals surface area contributed by atoms with Crippen molar-refractivity contribution < 1.29 is 22.7 Å². The van der Waals surface area contributed by atoms with Gasteiger partial charge in [0.05, 0.1) is 11.1 Å². The number of halogens is 4. The average molecular weight is 288 g/mol. The van der Waals surface area contributed by atoms with Crippen LogP contribution >= 0.6 is 0 Å². The highest BCUT2D eigenvalue weighted by Gasteiger charge is 2.31. The Kier molecular flexibility index (Phi) is 3.24. The van der Waals surface area contributed by atoms with E-state index < -0.39 is 29.0 Å². The van der Waals surface area contributed by atoms with Crippen LogP contribution in [0.2, 0.25) is 0 Å². The van der Waals surface area contributed by atoms with Crippen molar-refractivity contribution in [3.8, 4) is 17.3 Å². The molecule has 0 aliphatic rings. The molecule has 2 N–H and O–H groups in total. The van der Waals surface area contributed by atoms with Crippen LogP contribution in [0.25, 0.3) is 11.4 Å². The average Bonchev–Trinajstić information content (AvgIpc) is 2.33. The summed E-state index contributed by atoms with van der Waals surface area (Å²) >= 11 is 0. The van der Waals surface area contributed by atoms with Crippen LogP contribution in [0.1, 0.15) is 11.1 Å². The van der Waals surface area contributed by atoms with Gasteiger partial charge in [-0.1, -0.05) is 0 Å². The molecule has 4 nitrogen and oxygen atoms in total. The molecular weight excluding hydrogens is 280 g/mol. The van der Waals surface area contributed by atoms with Crippen LogP contribution in [0.3, 0.4) is 0 Å². The third-order valence-electron chi connectivity index (χ3n) is 2.62. The van der Waals surface area contributed by atoms with E-state index in [0.29, 0.717) is 12.1 Å². The second-order valence-corrected chi connectivity index (χ2v) is 4.09. The van der Waals surface area contributed by atoms with Crippen LogP contribution in [0.15, 0.2) is 23.0 Å². The Labute approximate surface area is 109 Å². The Morgan fingerprint density at radius 3 is 2.45 bits per heavy atom. The predicted molar refractivity (Wildman–Crippen MR) is 61.7 cm³/mol. The van der Waals surface area contributed by atoms with Crippen molar-refractivity contribution in [1.29, 1.82) is 0 Å². The minimum atomic E-state index is -4.73. The van der Waals surface area contributed by atoms with E-state index in [2.05, 4.69) is 9.97 Å². The van der Waals surface area contributed by atoms with Crippen LogP contribution in [-0.4, -0.2) is 15.1 Å². The van der Waals surface area contributed by atoms with Gasteiger partial charge in [-0.2, -0.15) is 18.2 Å². The molecule has 0 spiro atoms. The van der Waals surface area contributed by atoms with E-state index in [1.54, 1.807) is 0 Å². The van der Waals surface area contributed by atoms with Gasteiger partial charge in [0, 0.05) is 5.56 Å². The molecule has 2 aromatic rings. The van der Waals surface area contributed by atoms with E-state index in [0.717, 1.165) is 6.07 Å². The smallest absolute Gasteiger partial charge is 0.416 e. The summed E-state index contributed by atoms with van der Waals surface area (Å²) in [6, 6.07) is 1.74. The lowest BCUT2D eigenvalue weighted by molar-refractivity contribution is -0.137. The predicted octanol–water partition coefficient (Wildman–Crippen LogP) is 2.61. The number of aromatic hydroxyl groups is 1. The van der Waals surface area contributed by atoms with E-state index in [1.807, 2.05) is 0 Å². The van der Waals surface area contributed by atoms with Gasteiger partial charge < -0.3 is 10.1 Å². The maximum atomic E-state index is 13.2. The summed E-state index contributed by atoms with van der Waals surface area (Å²) in [5.74, 6) is -2.10. The molecule has 8 heteroatoms. The lowest BCUT2D eigenvalue weighted by Gasteiger charge is -2.09. The quantitative estimate of drug-likeness (QED) is 0.793. The summed E-state index contributed by atoms with van der Waals surface area (Å²) in [5, 5.41) is 9.39. The van der Waals surface area contributed by atoms with Gasteiger partial charge in [-0.05, 0) is 25.1 Å². The first-order valence-electron chi connectivity index (χ1n) is 5.36. The number of nitrogens with zero attached hydrogens (tertiary/aromatic N) is 1. The summed E-state index contributed by atoms with van der Waals surface area (Å²) in [5.41, 5.74) is -2.30. The molecule has 0 bridgehead atoms. The van der Waals surface area contributed by atoms with E-state index in [-0.39, 0.29) is 17.0 Å². The minimum absolute atomic E-state index is 0.0822. The standard InChI is InChI=1S/C12H8F4N2O2/c1-5-10(19)17-9(18-11(5)20)6-2-7(12(14,15)16)4-8(13)3-6/h2-4H,1H3,(H2,17,18,19,20). The van der Waals surface area contributed by atoms with Crippen LogP contribution in [0, 0.1) is 12.7 Å². The van der Waals surface area contributed by atoms with Gasteiger partial charge in [0.2, 0.25) is 5.88 Å². The third-order valence-corrected chi connectivity index (χ3v) is 2.62. The highest BCUT2D eigenvalue weighted by molar-refractivity contribution is 5.57. The zero-order valence-electron chi connectivity index (χ0n) is 10.0. The van der Waals surface area contributed by atoms with E-state index >= 15 is 0 Å². The number of H-pyrrole nitrogens is 1. The Morgan fingerprint density at radius 2 is 1.90 bits per heavy atom. The van der Waals surface area contributed by atoms with Gasteiger partial charge in [-0.25, -0.2) is 4.39 Å². The Morgan fingerprint density at radius 1 is 1.25 bits per heavy atom.